The van der Waals surface area contributed by atoms with Crippen molar-refractivity contribution in [2.24, 2.45) is 0 Å². The molecule has 1 amide bonds. The van der Waals surface area contributed by atoms with Gasteiger partial charge in [-0.1, -0.05) is 35.0 Å². The summed E-state index contributed by atoms with van der Waals surface area (Å²) in [5.41, 5.74) is 5.22. The molecule has 128 valence electrons. The first-order valence-corrected chi connectivity index (χ1v) is 8.36. The van der Waals surface area contributed by atoms with E-state index in [0.717, 1.165) is 11.3 Å². The highest BCUT2D eigenvalue weighted by Crippen LogP contribution is 2.16. The molecule has 6 heteroatoms. The molecular weight excluding hydrogens is 336 g/mol. The van der Waals surface area contributed by atoms with Gasteiger partial charge in [-0.2, -0.15) is 0 Å². The number of hydrogen-bond acceptors (Lipinski definition) is 3. The summed E-state index contributed by atoms with van der Waals surface area (Å²) >= 11 is 5.96. The van der Waals surface area contributed by atoms with Crippen molar-refractivity contribution in [1.82, 2.24) is 20.3 Å². The summed E-state index contributed by atoms with van der Waals surface area (Å²) < 4.78 is 1.68. The molecule has 2 aromatic carbocycles. The molecule has 25 heavy (non-hydrogen) atoms. The average Bonchev–Trinajstić information content (AvgIpc) is 2.97. The van der Waals surface area contributed by atoms with Crippen molar-refractivity contribution < 1.29 is 4.79 Å². The minimum absolute atomic E-state index is 0.257. The zero-order valence-corrected chi connectivity index (χ0v) is 15.1. The number of aromatic nitrogens is 3. The second-order valence-electron chi connectivity index (χ2n) is 6.02. The third-order valence-corrected chi connectivity index (χ3v) is 4.42. The predicted molar refractivity (Wildman–Crippen MR) is 98.2 cm³/mol. The highest BCUT2D eigenvalue weighted by molar-refractivity contribution is 6.30. The van der Waals surface area contributed by atoms with E-state index in [1.807, 2.05) is 50.2 Å². The number of nitrogens with one attached hydrogen (secondary N) is 1. The van der Waals surface area contributed by atoms with Gasteiger partial charge < -0.3 is 5.32 Å². The highest BCUT2D eigenvalue weighted by Gasteiger charge is 2.17. The molecule has 0 bridgehead atoms. The average molecular weight is 355 g/mol. The Hall–Kier alpha value is -2.66. The lowest BCUT2D eigenvalue weighted by molar-refractivity contribution is 0.0945. The molecule has 1 heterocycles. The summed E-state index contributed by atoms with van der Waals surface area (Å²) in [7, 11) is 0. The van der Waals surface area contributed by atoms with E-state index >= 15 is 0 Å². The predicted octanol–water partition coefficient (Wildman–Crippen LogP) is 3.78. The Morgan fingerprint density at radius 1 is 1.12 bits per heavy atom. The van der Waals surface area contributed by atoms with E-state index in [4.69, 9.17) is 11.6 Å². The van der Waals surface area contributed by atoms with Crippen molar-refractivity contribution in [2.45, 2.75) is 27.3 Å². The van der Waals surface area contributed by atoms with Gasteiger partial charge in [0.05, 0.1) is 11.4 Å². The third kappa shape index (κ3) is 3.72. The summed E-state index contributed by atoms with van der Waals surface area (Å²) in [6.45, 7) is 6.32. The van der Waals surface area contributed by atoms with Crippen LogP contribution in [0.5, 0.6) is 0 Å². The van der Waals surface area contributed by atoms with Crippen molar-refractivity contribution >= 4 is 17.5 Å². The third-order valence-electron chi connectivity index (χ3n) is 4.19. The Kier molecular flexibility index (Phi) is 4.86. The maximum absolute atomic E-state index is 12.4. The number of aryl methyl sites for hydroxylation is 2. The van der Waals surface area contributed by atoms with Crippen molar-refractivity contribution in [1.29, 1.82) is 0 Å². The number of hydrogen-bond donors (Lipinski definition) is 1. The summed E-state index contributed by atoms with van der Waals surface area (Å²) in [6, 6.07) is 13.4. The maximum atomic E-state index is 12.4. The van der Waals surface area contributed by atoms with Gasteiger partial charge in [0.2, 0.25) is 0 Å². The molecule has 0 aliphatic carbocycles. The van der Waals surface area contributed by atoms with Crippen LogP contribution >= 0.6 is 11.6 Å². The van der Waals surface area contributed by atoms with Crippen molar-refractivity contribution in [3.8, 4) is 5.69 Å². The number of halogens is 1. The van der Waals surface area contributed by atoms with Crippen LogP contribution in [-0.4, -0.2) is 20.9 Å². The lowest BCUT2D eigenvalue weighted by Crippen LogP contribution is -2.24. The Labute approximate surface area is 151 Å². The number of benzene rings is 2. The molecule has 0 saturated heterocycles. The zero-order valence-electron chi connectivity index (χ0n) is 14.4. The molecule has 0 spiro atoms. The minimum atomic E-state index is -0.257. The summed E-state index contributed by atoms with van der Waals surface area (Å²) in [5.74, 6) is -0.257. The molecule has 3 aromatic rings. The SMILES string of the molecule is Cc1ccc(-n2nnc(C(=O)NCc3cccc(Cl)c3)c2C)cc1C. The van der Waals surface area contributed by atoms with E-state index in [1.54, 1.807) is 10.7 Å². The van der Waals surface area contributed by atoms with Gasteiger partial charge in [0, 0.05) is 11.6 Å². The van der Waals surface area contributed by atoms with Crippen LogP contribution in [0.4, 0.5) is 0 Å². The lowest BCUT2D eigenvalue weighted by atomic mass is 10.1. The van der Waals surface area contributed by atoms with Gasteiger partial charge in [-0.3, -0.25) is 4.79 Å². The van der Waals surface area contributed by atoms with Gasteiger partial charge in [0.15, 0.2) is 5.69 Å². The molecule has 0 atom stereocenters. The van der Waals surface area contributed by atoms with Crippen molar-refractivity contribution in [3.05, 3.63) is 75.6 Å². The van der Waals surface area contributed by atoms with Gasteiger partial charge >= 0.3 is 0 Å². The van der Waals surface area contributed by atoms with E-state index in [1.165, 1.54) is 11.1 Å². The smallest absolute Gasteiger partial charge is 0.274 e. The number of rotatable bonds is 4. The summed E-state index contributed by atoms with van der Waals surface area (Å²) in [4.78, 5) is 12.4. The minimum Gasteiger partial charge on any atom is -0.347 e. The second kappa shape index (κ2) is 7.07. The molecule has 0 aliphatic heterocycles. The molecule has 5 nitrogen and oxygen atoms in total. The fourth-order valence-electron chi connectivity index (χ4n) is 2.55. The van der Waals surface area contributed by atoms with Gasteiger partial charge in [0.25, 0.3) is 5.91 Å². The first-order chi connectivity index (χ1) is 12.0. The van der Waals surface area contributed by atoms with Gasteiger partial charge in [-0.05, 0) is 61.7 Å². The van der Waals surface area contributed by atoms with E-state index in [9.17, 15) is 4.79 Å². The van der Waals surface area contributed by atoms with Crippen LogP contribution in [0.3, 0.4) is 0 Å². The normalized spacial score (nSPS) is 10.7. The number of amides is 1. The van der Waals surface area contributed by atoms with Crippen LogP contribution in [0.2, 0.25) is 5.02 Å². The topological polar surface area (TPSA) is 59.8 Å². The number of carbonyl (C=O) groups excluding carboxylic acids is 1. The Morgan fingerprint density at radius 3 is 2.64 bits per heavy atom. The van der Waals surface area contributed by atoms with E-state index in [2.05, 4.69) is 22.6 Å². The molecule has 0 aliphatic rings. The van der Waals surface area contributed by atoms with Crippen LogP contribution < -0.4 is 5.32 Å². The fraction of sp³-hybridized carbons (Fsp3) is 0.211. The van der Waals surface area contributed by atoms with Gasteiger partial charge in [-0.25, -0.2) is 4.68 Å². The Bertz CT molecular complexity index is 933. The van der Waals surface area contributed by atoms with E-state index in [0.29, 0.717) is 23.0 Å². The maximum Gasteiger partial charge on any atom is 0.274 e. The van der Waals surface area contributed by atoms with Crippen molar-refractivity contribution in [3.63, 3.8) is 0 Å². The van der Waals surface area contributed by atoms with Crippen molar-refractivity contribution in [2.75, 3.05) is 0 Å². The van der Waals surface area contributed by atoms with E-state index in [-0.39, 0.29) is 5.91 Å². The summed E-state index contributed by atoms with van der Waals surface area (Å²) in [5, 5.41) is 11.7. The van der Waals surface area contributed by atoms with Gasteiger partial charge in [0.1, 0.15) is 0 Å². The highest BCUT2D eigenvalue weighted by atomic mass is 35.5. The monoisotopic (exact) mass is 354 g/mol. The van der Waals surface area contributed by atoms with Crippen LogP contribution in [0.15, 0.2) is 42.5 Å². The Morgan fingerprint density at radius 2 is 1.92 bits per heavy atom. The number of carbonyl (C=O) groups is 1. The van der Waals surface area contributed by atoms with Gasteiger partial charge in [-0.15, -0.1) is 5.10 Å². The Balaban J connectivity index is 1.78. The van der Waals surface area contributed by atoms with Crippen LogP contribution in [0, 0.1) is 20.8 Å². The van der Waals surface area contributed by atoms with Crippen LogP contribution in [-0.2, 0) is 6.54 Å². The molecule has 1 N–H and O–H groups in total. The zero-order chi connectivity index (χ0) is 18.0. The molecule has 0 unspecified atom stereocenters. The molecule has 0 saturated carbocycles. The summed E-state index contributed by atoms with van der Waals surface area (Å²) in [6.07, 6.45) is 0. The molecular formula is C19H19ClN4O. The molecule has 0 radical (unpaired) electrons. The first-order valence-electron chi connectivity index (χ1n) is 7.98. The number of nitrogens with zero attached hydrogens (tertiary/aromatic N) is 3. The molecule has 1 aromatic heterocycles. The quantitative estimate of drug-likeness (QED) is 0.775. The van der Waals surface area contributed by atoms with Crippen LogP contribution in [0.1, 0.15) is 32.9 Å². The van der Waals surface area contributed by atoms with Crippen LogP contribution in [0.25, 0.3) is 5.69 Å². The second-order valence-corrected chi connectivity index (χ2v) is 6.45. The fourth-order valence-corrected chi connectivity index (χ4v) is 2.77. The standard InChI is InChI=1S/C19H19ClN4O/c1-12-7-8-17(9-13(12)2)24-14(3)18(22-23-24)19(25)21-11-15-5-4-6-16(20)10-15/h4-10H,11H2,1-3H3,(H,21,25). The molecule has 3 rings (SSSR count). The molecule has 0 fully saturated rings. The largest absolute Gasteiger partial charge is 0.347 e. The van der Waals surface area contributed by atoms with E-state index < -0.39 is 0 Å². The first kappa shape index (κ1) is 17.2. The lowest BCUT2D eigenvalue weighted by Gasteiger charge is -2.07.